The first kappa shape index (κ1) is 24.6. The van der Waals surface area contributed by atoms with Gasteiger partial charge in [-0.05, 0) is 54.8 Å². The second kappa shape index (κ2) is 9.75. The summed E-state index contributed by atoms with van der Waals surface area (Å²) in [5, 5.41) is 0.0905. The Bertz CT molecular complexity index is 1390. The van der Waals surface area contributed by atoms with Gasteiger partial charge < -0.3 is 14.5 Å². The van der Waals surface area contributed by atoms with Crippen LogP contribution in [0.5, 0.6) is 5.75 Å². The van der Waals surface area contributed by atoms with Gasteiger partial charge in [-0.3, -0.25) is 4.79 Å². The number of amides is 1. The molecule has 3 aromatic carbocycles. The van der Waals surface area contributed by atoms with Crippen LogP contribution in [0.2, 0.25) is 5.02 Å². The number of carbonyl (C=O) groups is 1. The minimum Gasteiger partial charge on any atom is -0.495 e. The second-order valence-electron chi connectivity index (χ2n) is 9.20. The van der Waals surface area contributed by atoms with Gasteiger partial charge in [0.25, 0.3) is 5.91 Å². The molecule has 5 rings (SSSR count). The number of rotatable bonds is 6. The Morgan fingerprint density at radius 2 is 1.72 bits per heavy atom. The maximum atomic E-state index is 13.5. The molecule has 2 atom stereocenters. The maximum Gasteiger partial charge on any atom is 0.255 e. The molecule has 36 heavy (non-hydrogen) atoms. The summed E-state index contributed by atoms with van der Waals surface area (Å²) in [6, 6.07) is 17.8. The van der Waals surface area contributed by atoms with E-state index in [4.69, 9.17) is 16.3 Å². The van der Waals surface area contributed by atoms with E-state index in [-0.39, 0.29) is 39.2 Å². The van der Waals surface area contributed by atoms with Gasteiger partial charge in [-0.15, -0.1) is 0 Å². The zero-order valence-corrected chi connectivity index (χ0v) is 21.3. The summed E-state index contributed by atoms with van der Waals surface area (Å²) in [5.41, 5.74) is 1.71. The first-order chi connectivity index (χ1) is 17.3. The maximum absolute atomic E-state index is 13.5. The number of ether oxygens (including phenoxy) is 1. The molecule has 0 aromatic heterocycles. The Kier molecular flexibility index (Phi) is 6.66. The summed E-state index contributed by atoms with van der Waals surface area (Å²) in [4.78, 5) is 17.3. The van der Waals surface area contributed by atoms with E-state index in [0.29, 0.717) is 24.5 Å². The molecule has 2 heterocycles. The zero-order chi connectivity index (χ0) is 25.4. The first-order valence-electron chi connectivity index (χ1n) is 11.7. The Morgan fingerprint density at radius 3 is 2.36 bits per heavy atom. The molecule has 188 valence electrons. The van der Waals surface area contributed by atoms with Crippen LogP contribution in [0, 0.1) is 5.82 Å². The van der Waals surface area contributed by atoms with E-state index in [1.54, 1.807) is 42.3 Å². The fourth-order valence-electron chi connectivity index (χ4n) is 5.24. The number of methoxy groups -OCH3 is 1. The van der Waals surface area contributed by atoms with Gasteiger partial charge in [0, 0.05) is 25.2 Å². The molecule has 6 nitrogen and oxygen atoms in total. The molecular formula is C27H26ClFN2O4S. The molecule has 2 aliphatic heterocycles. The van der Waals surface area contributed by atoms with Crippen LogP contribution in [0.25, 0.3) is 0 Å². The summed E-state index contributed by atoms with van der Waals surface area (Å²) >= 11 is 6.14. The third-order valence-electron chi connectivity index (χ3n) is 6.92. The lowest BCUT2D eigenvalue weighted by Crippen LogP contribution is -2.55. The van der Waals surface area contributed by atoms with Gasteiger partial charge in [0.2, 0.25) is 0 Å². The van der Waals surface area contributed by atoms with E-state index < -0.39 is 15.7 Å². The largest absolute Gasteiger partial charge is 0.495 e. The number of benzene rings is 3. The van der Waals surface area contributed by atoms with Gasteiger partial charge in [-0.2, -0.15) is 0 Å². The van der Waals surface area contributed by atoms with Crippen LogP contribution >= 0.6 is 11.6 Å². The van der Waals surface area contributed by atoms with E-state index in [0.717, 1.165) is 24.5 Å². The van der Waals surface area contributed by atoms with Crippen molar-refractivity contribution in [2.24, 2.45) is 0 Å². The van der Waals surface area contributed by atoms with Crippen LogP contribution in [0.3, 0.4) is 0 Å². The van der Waals surface area contributed by atoms with Crippen molar-refractivity contribution in [3.63, 3.8) is 0 Å². The molecule has 0 radical (unpaired) electrons. The Labute approximate surface area is 215 Å². The normalized spacial score (nSPS) is 19.4. The third-order valence-corrected chi connectivity index (χ3v) is 8.92. The number of piperazine rings is 1. The van der Waals surface area contributed by atoms with Gasteiger partial charge in [-0.25, -0.2) is 12.8 Å². The van der Waals surface area contributed by atoms with Crippen LogP contribution in [0.15, 0.2) is 71.6 Å². The van der Waals surface area contributed by atoms with Gasteiger partial charge in [-0.1, -0.05) is 41.9 Å². The van der Waals surface area contributed by atoms with Gasteiger partial charge in [0.1, 0.15) is 11.6 Å². The molecule has 2 bridgehead atoms. The van der Waals surface area contributed by atoms with Gasteiger partial charge in [0.15, 0.2) is 9.84 Å². The van der Waals surface area contributed by atoms with Gasteiger partial charge in [0.05, 0.1) is 34.0 Å². The van der Waals surface area contributed by atoms with Crippen molar-refractivity contribution in [3.8, 4) is 5.75 Å². The summed E-state index contributed by atoms with van der Waals surface area (Å²) in [7, 11) is -2.01. The predicted molar refractivity (Wildman–Crippen MR) is 137 cm³/mol. The highest BCUT2D eigenvalue weighted by Crippen LogP contribution is 2.41. The lowest BCUT2D eigenvalue weighted by molar-refractivity contribution is 0.0718. The molecular weight excluding hydrogens is 503 g/mol. The highest BCUT2D eigenvalue weighted by atomic mass is 35.5. The zero-order valence-electron chi connectivity index (χ0n) is 19.7. The predicted octanol–water partition coefficient (Wildman–Crippen LogP) is 4.96. The van der Waals surface area contributed by atoms with E-state index in [1.807, 2.05) is 18.2 Å². The molecule has 0 unspecified atom stereocenters. The van der Waals surface area contributed by atoms with E-state index in [2.05, 4.69) is 4.90 Å². The van der Waals surface area contributed by atoms with Crippen molar-refractivity contribution in [1.29, 1.82) is 0 Å². The summed E-state index contributed by atoms with van der Waals surface area (Å²) in [5.74, 6) is -0.224. The Morgan fingerprint density at radius 1 is 1.03 bits per heavy atom. The average molecular weight is 529 g/mol. The number of halogens is 2. The minimum absolute atomic E-state index is 0.00657. The fourth-order valence-corrected chi connectivity index (χ4v) is 6.85. The minimum atomic E-state index is -3.57. The van der Waals surface area contributed by atoms with Crippen molar-refractivity contribution in [3.05, 3.63) is 88.7 Å². The van der Waals surface area contributed by atoms with Crippen LogP contribution in [0.1, 0.15) is 28.8 Å². The molecule has 1 amide bonds. The van der Waals surface area contributed by atoms with Crippen molar-refractivity contribution in [2.75, 3.05) is 25.1 Å². The Balaban J connectivity index is 1.42. The standard InChI is InChI=1S/C27H26ClFN2O4S/c1-35-26-12-10-22(36(33,34)17-18-5-3-2-4-6-18)14-25(26)31-20-8-9-21(31)16-30(15-20)27(32)23-11-7-19(29)13-24(23)28/h2-7,10-14,20-21H,8-9,15-17H2,1H3/t20-,21+. The molecule has 0 saturated carbocycles. The van der Waals surface area contributed by atoms with E-state index in [9.17, 15) is 17.6 Å². The lowest BCUT2D eigenvalue weighted by Gasteiger charge is -2.43. The van der Waals surface area contributed by atoms with Crippen LogP contribution < -0.4 is 9.64 Å². The topological polar surface area (TPSA) is 66.9 Å². The van der Waals surface area contributed by atoms with Crippen molar-refractivity contribution < 1.29 is 22.3 Å². The third kappa shape index (κ3) is 4.67. The van der Waals surface area contributed by atoms with E-state index in [1.165, 1.54) is 12.1 Å². The number of likely N-dealkylation sites (tertiary alicyclic amines) is 1. The first-order valence-corrected chi connectivity index (χ1v) is 13.8. The molecule has 0 spiro atoms. The highest BCUT2D eigenvalue weighted by Gasteiger charge is 2.43. The monoisotopic (exact) mass is 528 g/mol. The molecule has 9 heteroatoms. The molecule has 0 aliphatic carbocycles. The summed E-state index contributed by atoms with van der Waals surface area (Å²) in [6.07, 6.45) is 1.71. The summed E-state index contributed by atoms with van der Waals surface area (Å²) in [6.45, 7) is 0.903. The molecule has 0 N–H and O–H groups in total. The fraction of sp³-hybridized carbons (Fsp3) is 0.296. The number of fused-ring (bicyclic) bond motifs is 2. The molecule has 3 aromatic rings. The number of sulfone groups is 1. The van der Waals surface area contributed by atoms with Crippen LogP contribution in [0.4, 0.5) is 10.1 Å². The average Bonchev–Trinajstić information content (AvgIpc) is 3.12. The quantitative estimate of drug-likeness (QED) is 0.452. The van der Waals surface area contributed by atoms with Gasteiger partial charge >= 0.3 is 0 Å². The lowest BCUT2D eigenvalue weighted by atomic mass is 10.1. The number of nitrogens with zero attached hydrogens (tertiary/aromatic N) is 2. The number of anilines is 1. The van der Waals surface area contributed by atoms with Crippen LogP contribution in [-0.2, 0) is 15.6 Å². The van der Waals surface area contributed by atoms with Crippen LogP contribution in [-0.4, -0.2) is 51.5 Å². The molecule has 2 saturated heterocycles. The number of carbonyl (C=O) groups excluding carboxylic acids is 1. The highest BCUT2D eigenvalue weighted by molar-refractivity contribution is 7.90. The van der Waals surface area contributed by atoms with E-state index >= 15 is 0 Å². The summed E-state index contributed by atoms with van der Waals surface area (Å²) < 4.78 is 45.5. The second-order valence-corrected chi connectivity index (χ2v) is 11.6. The Hall–Kier alpha value is -3.10. The number of hydrogen-bond donors (Lipinski definition) is 0. The van der Waals surface area contributed by atoms with Crippen molar-refractivity contribution in [1.82, 2.24) is 4.90 Å². The molecule has 2 fully saturated rings. The molecule has 2 aliphatic rings. The number of hydrogen-bond acceptors (Lipinski definition) is 5. The SMILES string of the molecule is COc1ccc(S(=O)(=O)Cc2ccccc2)cc1N1[C@@H]2CC[C@H]1CN(C(=O)c1ccc(F)cc1Cl)C2. The van der Waals surface area contributed by atoms with Crippen molar-refractivity contribution >= 4 is 33.0 Å². The smallest absolute Gasteiger partial charge is 0.255 e. The van der Waals surface area contributed by atoms with Crippen molar-refractivity contribution in [2.45, 2.75) is 35.6 Å².